The summed E-state index contributed by atoms with van der Waals surface area (Å²) in [5, 5.41) is 13.2. The Kier molecular flexibility index (Phi) is 6.18. The summed E-state index contributed by atoms with van der Waals surface area (Å²) in [4.78, 5) is 15.6. The molecule has 0 bridgehead atoms. The molecule has 5 heterocycles. The third kappa shape index (κ3) is 4.15. The Morgan fingerprint density at radius 2 is 1.13 bits per heavy atom. The highest BCUT2D eigenvalue weighted by molar-refractivity contribution is 7.27. The van der Waals surface area contributed by atoms with Crippen LogP contribution in [-0.4, -0.2) is 19.5 Å². The number of pyridine rings is 3. The molecule has 4 nitrogen and oxygen atoms in total. The fourth-order valence-electron chi connectivity index (χ4n) is 8.68. The Morgan fingerprint density at radius 3 is 1.98 bits per heavy atom. The minimum absolute atomic E-state index is 0.862. The number of fused-ring (bicyclic) bond motifs is 14. The van der Waals surface area contributed by atoms with Gasteiger partial charge in [-0.2, -0.15) is 0 Å². The minimum atomic E-state index is 0.862. The molecule has 0 unspecified atom stereocenters. The summed E-state index contributed by atoms with van der Waals surface area (Å²) in [5.41, 5.74) is 7.24. The molecular formula is C49H28N4S. The van der Waals surface area contributed by atoms with Crippen LogP contribution < -0.4 is 0 Å². The first-order chi connectivity index (χ1) is 26.8. The molecule has 54 heavy (non-hydrogen) atoms. The lowest BCUT2D eigenvalue weighted by atomic mass is 9.94. The van der Waals surface area contributed by atoms with Crippen LogP contribution in [0.1, 0.15) is 0 Å². The number of thiophene rings is 1. The summed E-state index contributed by atoms with van der Waals surface area (Å²) in [6.07, 6.45) is 3.84. The molecule has 0 aliphatic heterocycles. The molecule has 0 fully saturated rings. The van der Waals surface area contributed by atoms with Crippen LogP contribution in [0.2, 0.25) is 0 Å². The number of hydrogen-bond acceptors (Lipinski definition) is 4. The monoisotopic (exact) mass is 704 g/mol. The SMILES string of the molecule is c1ccc(-c2nc(-n3c4ccc(-c5nc6c7ccccc7c7c8ccccc8sc7c6c6ccccc56)cc4c4ccncc43)cc3ccccc23)cc1. The normalized spacial score (nSPS) is 12.1. The summed E-state index contributed by atoms with van der Waals surface area (Å²) >= 11 is 1.87. The molecule has 0 spiro atoms. The highest BCUT2D eigenvalue weighted by Gasteiger charge is 2.21. The smallest absolute Gasteiger partial charge is 0.138 e. The average molecular weight is 705 g/mol. The number of nitrogens with zero attached hydrogens (tertiary/aromatic N) is 4. The maximum atomic E-state index is 5.63. The number of aromatic nitrogens is 4. The number of hydrogen-bond donors (Lipinski definition) is 0. The molecule has 0 saturated carbocycles. The van der Waals surface area contributed by atoms with E-state index in [9.17, 15) is 0 Å². The molecule has 12 rings (SSSR count). The minimum Gasteiger partial charge on any atom is -0.292 e. The third-order valence-electron chi connectivity index (χ3n) is 11.0. The zero-order chi connectivity index (χ0) is 35.3. The Hall–Kier alpha value is -6.95. The Labute approximate surface area is 313 Å². The number of benzene rings is 7. The van der Waals surface area contributed by atoms with Gasteiger partial charge in [-0.05, 0) is 46.5 Å². The molecule has 0 amide bonds. The van der Waals surface area contributed by atoms with Gasteiger partial charge in [0, 0.05) is 69.8 Å². The maximum Gasteiger partial charge on any atom is 0.138 e. The van der Waals surface area contributed by atoms with E-state index in [-0.39, 0.29) is 0 Å². The molecule has 0 atom stereocenters. The molecule has 0 radical (unpaired) electrons. The van der Waals surface area contributed by atoms with Gasteiger partial charge in [0.2, 0.25) is 0 Å². The van der Waals surface area contributed by atoms with Crippen molar-refractivity contribution in [2.75, 3.05) is 0 Å². The summed E-state index contributed by atoms with van der Waals surface area (Å²) in [7, 11) is 0. The van der Waals surface area contributed by atoms with Crippen molar-refractivity contribution in [3.05, 3.63) is 170 Å². The summed E-state index contributed by atoms with van der Waals surface area (Å²) in [6, 6.07) is 56.4. The highest BCUT2D eigenvalue weighted by Crippen LogP contribution is 2.47. The van der Waals surface area contributed by atoms with Gasteiger partial charge in [0.05, 0.1) is 34.1 Å². The molecule has 0 saturated heterocycles. The first kappa shape index (κ1) is 29.6. The van der Waals surface area contributed by atoms with Crippen LogP contribution in [0, 0.1) is 0 Å². The summed E-state index contributed by atoms with van der Waals surface area (Å²) < 4.78 is 4.85. The van der Waals surface area contributed by atoms with E-state index in [2.05, 4.69) is 161 Å². The van der Waals surface area contributed by atoms with Gasteiger partial charge in [-0.3, -0.25) is 9.55 Å². The van der Waals surface area contributed by atoms with Crippen LogP contribution in [-0.2, 0) is 0 Å². The van der Waals surface area contributed by atoms with Crippen LogP contribution in [0.4, 0.5) is 0 Å². The molecule has 5 heteroatoms. The molecule has 250 valence electrons. The number of rotatable bonds is 3. The predicted octanol–water partition coefficient (Wildman–Crippen LogP) is 13.3. The second kappa shape index (κ2) is 11.3. The van der Waals surface area contributed by atoms with Crippen molar-refractivity contribution in [3.63, 3.8) is 0 Å². The summed E-state index contributed by atoms with van der Waals surface area (Å²) in [5.74, 6) is 0.862. The lowest BCUT2D eigenvalue weighted by Gasteiger charge is -2.14. The Bertz CT molecular complexity index is 3510. The van der Waals surface area contributed by atoms with Gasteiger partial charge < -0.3 is 0 Å². The van der Waals surface area contributed by atoms with Crippen molar-refractivity contribution in [1.82, 2.24) is 19.5 Å². The summed E-state index contributed by atoms with van der Waals surface area (Å²) in [6.45, 7) is 0. The quantitative estimate of drug-likeness (QED) is 0.172. The molecule has 0 aliphatic rings. The Morgan fingerprint density at radius 1 is 0.444 bits per heavy atom. The van der Waals surface area contributed by atoms with E-state index in [1.54, 1.807) is 0 Å². The van der Waals surface area contributed by atoms with E-state index in [0.717, 1.165) is 71.8 Å². The van der Waals surface area contributed by atoms with E-state index in [0.29, 0.717) is 0 Å². The van der Waals surface area contributed by atoms with Gasteiger partial charge in [0.1, 0.15) is 5.82 Å². The molecule has 5 aromatic heterocycles. The second-order valence-corrected chi connectivity index (χ2v) is 15.0. The van der Waals surface area contributed by atoms with Crippen molar-refractivity contribution >= 4 is 96.5 Å². The van der Waals surface area contributed by atoms with Crippen LogP contribution in [0.3, 0.4) is 0 Å². The van der Waals surface area contributed by atoms with Crippen molar-refractivity contribution in [3.8, 4) is 28.3 Å². The van der Waals surface area contributed by atoms with E-state index >= 15 is 0 Å². The van der Waals surface area contributed by atoms with E-state index in [4.69, 9.17) is 9.97 Å². The van der Waals surface area contributed by atoms with Crippen molar-refractivity contribution in [2.24, 2.45) is 0 Å². The molecular weight excluding hydrogens is 677 g/mol. The molecule has 12 aromatic rings. The largest absolute Gasteiger partial charge is 0.292 e. The molecule has 0 aliphatic carbocycles. The zero-order valence-corrected chi connectivity index (χ0v) is 29.7. The van der Waals surface area contributed by atoms with Crippen molar-refractivity contribution < 1.29 is 0 Å². The fourth-order valence-corrected chi connectivity index (χ4v) is 9.96. The maximum absolute atomic E-state index is 5.63. The van der Waals surface area contributed by atoms with Crippen LogP contribution >= 0.6 is 11.3 Å². The van der Waals surface area contributed by atoms with Gasteiger partial charge in [-0.15, -0.1) is 11.3 Å². The van der Waals surface area contributed by atoms with Crippen molar-refractivity contribution in [1.29, 1.82) is 0 Å². The zero-order valence-electron chi connectivity index (χ0n) is 28.9. The van der Waals surface area contributed by atoms with E-state index in [1.165, 1.54) is 41.7 Å². The van der Waals surface area contributed by atoms with Gasteiger partial charge in [0.25, 0.3) is 0 Å². The van der Waals surface area contributed by atoms with Crippen LogP contribution in [0.5, 0.6) is 0 Å². The van der Waals surface area contributed by atoms with Gasteiger partial charge >= 0.3 is 0 Å². The van der Waals surface area contributed by atoms with Crippen LogP contribution in [0.15, 0.2) is 170 Å². The highest BCUT2D eigenvalue weighted by atomic mass is 32.1. The average Bonchev–Trinajstić information content (AvgIpc) is 3.79. The first-order valence-electron chi connectivity index (χ1n) is 18.2. The topological polar surface area (TPSA) is 43.6 Å². The van der Waals surface area contributed by atoms with Crippen molar-refractivity contribution in [2.45, 2.75) is 0 Å². The first-order valence-corrected chi connectivity index (χ1v) is 19.0. The standard InChI is InChI=1S/C49H28N4S/c1-2-12-29(13-3-1)46-32-15-5-4-14-30(32)27-43(51-46)53-40-23-22-31(26-39(40)33-24-25-50-28-41(33)53)47-36-18-8-7-17-35(36)45-48(52-47)37-19-9-6-16-34(37)44-38-20-10-11-21-42(38)54-49(44)45/h1-28H. The van der Waals surface area contributed by atoms with E-state index in [1.807, 2.05) is 29.8 Å². The van der Waals surface area contributed by atoms with Gasteiger partial charge in [0.15, 0.2) is 0 Å². The molecule has 0 N–H and O–H groups in total. The lowest BCUT2D eigenvalue weighted by Crippen LogP contribution is -2.00. The second-order valence-electron chi connectivity index (χ2n) is 14.0. The molecule has 7 aromatic carbocycles. The fraction of sp³-hybridized carbons (Fsp3) is 0. The Balaban J connectivity index is 1.15. The predicted molar refractivity (Wildman–Crippen MR) is 228 cm³/mol. The lowest BCUT2D eigenvalue weighted by molar-refractivity contribution is 1.09. The van der Waals surface area contributed by atoms with Gasteiger partial charge in [-0.25, -0.2) is 9.97 Å². The van der Waals surface area contributed by atoms with E-state index < -0.39 is 0 Å². The van der Waals surface area contributed by atoms with Crippen LogP contribution in [0.25, 0.3) is 114 Å². The third-order valence-corrected chi connectivity index (χ3v) is 12.2. The van der Waals surface area contributed by atoms with Gasteiger partial charge in [-0.1, -0.05) is 127 Å².